The lowest BCUT2D eigenvalue weighted by Gasteiger charge is -2.06. The number of nitrogens with one attached hydrogen (secondary N) is 1. The molecule has 116 valence electrons. The molecule has 0 fully saturated rings. The second-order valence-corrected chi connectivity index (χ2v) is 6.14. The molecule has 8 heteroatoms. The van der Waals surface area contributed by atoms with Crippen molar-refractivity contribution in [2.24, 2.45) is 5.10 Å². The Hall–Kier alpha value is -1.96. The highest BCUT2D eigenvalue weighted by Gasteiger charge is 2.15. The maximum atomic E-state index is 12.0. The molecule has 1 rings (SSSR count). The van der Waals surface area contributed by atoms with Crippen LogP contribution in [0.4, 0.5) is 5.69 Å². The first kappa shape index (κ1) is 17.1. The highest BCUT2D eigenvalue weighted by atomic mass is 32.2. The summed E-state index contributed by atoms with van der Waals surface area (Å²) < 4.78 is 24.0. The van der Waals surface area contributed by atoms with E-state index in [-0.39, 0.29) is 10.6 Å². The lowest BCUT2D eigenvalue weighted by Crippen LogP contribution is -2.20. The number of nitrogens with zero attached hydrogens (tertiary/aromatic N) is 2. The van der Waals surface area contributed by atoms with Gasteiger partial charge in [0.05, 0.1) is 9.82 Å². The Morgan fingerprint density at radius 3 is 2.38 bits per heavy atom. The van der Waals surface area contributed by atoms with Crippen molar-refractivity contribution in [1.82, 2.24) is 4.83 Å². The Labute approximate surface area is 124 Å². The number of hydrogen-bond donors (Lipinski definition) is 1. The second kappa shape index (κ2) is 7.72. The predicted molar refractivity (Wildman–Crippen MR) is 80.7 cm³/mol. The molecule has 0 radical (unpaired) electrons. The number of hydrazone groups is 1. The summed E-state index contributed by atoms with van der Waals surface area (Å²) in [5, 5.41) is 14.5. The van der Waals surface area contributed by atoms with E-state index in [1.165, 1.54) is 12.1 Å². The Balaban J connectivity index is 2.85. The quantitative estimate of drug-likeness (QED) is 0.453. The zero-order valence-electron chi connectivity index (χ0n) is 12.1. The van der Waals surface area contributed by atoms with Crippen LogP contribution >= 0.6 is 0 Å². The fraction of sp³-hybridized carbons (Fsp3) is 0.462. The van der Waals surface area contributed by atoms with Gasteiger partial charge in [-0.05, 0) is 31.4 Å². The second-order valence-electron chi connectivity index (χ2n) is 4.48. The summed E-state index contributed by atoms with van der Waals surface area (Å²) in [4.78, 5) is 12.1. The lowest BCUT2D eigenvalue weighted by atomic mass is 10.1. The molecule has 0 amide bonds. The Bertz CT molecular complexity index is 609. The van der Waals surface area contributed by atoms with Crippen molar-refractivity contribution in [3.8, 4) is 0 Å². The topological polar surface area (TPSA) is 102 Å². The van der Waals surface area contributed by atoms with E-state index in [1.54, 1.807) is 0 Å². The van der Waals surface area contributed by atoms with Crippen molar-refractivity contribution in [2.45, 2.75) is 44.4 Å². The van der Waals surface area contributed by atoms with Gasteiger partial charge < -0.3 is 0 Å². The molecule has 0 aliphatic carbocycles. The van der Waals surface area contributed by atoms with E-state index in [0.717, 1.165) is 37.1 Å². The van der Waals surface area contributed by atoms with Gasteiger partial charge in [-0.2, -0.15) is 13.5 Å². The van der Waals surface area contributed by atoms with Crippen molar-refractivity contribution < 1.29 is 13.3 Å². The third-order valence-corrected chi connectivity index (χ3v) is 4.13. The first-order valence-electron chi connectivity index (χ1n) is 6.72. The first-order chi connectivity index (χ1) is 9.90. The normalized spacial score (nSPS) is 12.2. The third kappa shape index (κ3) is 5.14. The van der Waals surface area contributed by atoms with Crippen molar-refractivity contribution in [2.75, 3.05) is 0 Å². The van der Waals surface area contributed by atoms with E-state index < -0.39 is 14.9 Å². The van der Waals surface area contributed by atoms with Crippen LogP contribution in [0, 0.1) is 10.1 Å². The first-order valence-corrected chi connectivity index (χ1v) is 8.20. The van der Waals surface area contributed by atoms with Crippen LogP contribution in [-0.2, 0) is 10.0 Å². The van der Waals surface area contributed by atoms with Crippen LogP contribution in [-0.4, -0.2) is 19.1 Å². The minimum absolute atomic E-state index is 0.0530. The average molecular weight is 313 g/mol. The summed E-state index contributed by atoms with van der Waals surface area (Å²) in [6, 6.07) is 4.67. The molecule has 21 heavy (non-hydrogen) atoms. The van der Waals surface area contributed by atoms with Gasteiger partial charge in [-0.25, -0.2) is 4.83 Å². The van der Waals surface area contributed by atoms with Gasteiger partial charge in [-0.15, -0.1) is 0 Å². The summed E-state index contributed by atoms with van der Waals surface area (Å²) in [6.07, 6.45) is 3.37. The molecule has 0 aliphatic rings. The van der Waals surface area contributed by atoms with E-state index in [2.05, 4.69) is 9.93 Å². The smallest absolute Gasteiger partial charge is 0.258 e. The van der Waals surface area contributed by atoms with E-state index in [0.29, 0.717) is 6.42 Å². The molecule has 0 saturated heterocycles. The van der Waals surface area contributed by atoms with Crippen molar-refractivity contribution in [1.29, 1.82) is 0 Å². The fourth-order valence-electron chi connectivity index (χ4n) is 1.62. The van der Waals surface area contributed by atoms with E-state index >= 15 is 0 Å². The predicted octanol–water partition coefficient (Wildman–Crippen LogP) is 2.83. The molecule has 7 nitrogen and oxygen atoms in total. The van der Waals surface area contributed by atoms with Gasteiger partial charge in [0, 0.05) is 17.8 Å². The van der Waals surface area contributed by atoms with Crippen LogP contribution < -0.4 is 4.83 Å². The average Bonchev–Trinajstić information content (AvgIpc) is 2.47. The van der Waals surface area contributed by atoms with Crippen molar-refractivity contribution in [3.05, 3.63) is 34.4 Å². The maximum Gasteiger partial charge on any atom is 0.276 e. The zero-order valence-corrected chi connectivity index (χ0v) is 12.9. The largest absolute Gasteiger partial charge is 0.276 e. The van der Waals surface area contributed by atoms with Gasteiger partial charge in [0.1, 0.15) is 0 Å². The standard InChI is InChI=1S/C13H19N3O4S/c1-3-5-6-11(4-2)14-15-21(19,20)13-9-7-12(8-10-13)16(17)18/h7-10,15H,3-6H2,1-2H3/b14-11-. The summed E-state index contributed by atoms with van der Waals surface area (Å²) in [5.74, 6) is 0. The molecule has 1 N–H and O–H groups in total. The Morgan fingerprint density at radius 1 is 1.29 bits per heavy atom. The molecule has 1 aromatic rings. The zero-order chi connectivity index (χ0) is 15.9. The molecule has 0 atom stereocenters. The van der Waals surface area contributed by atoms with Crippen LogP contribution in [0.1, 0.15) is 39.5 Å². The summed E-state index contributed by atoms with van der Waals surface area (Å²) in [5.41, 5.74) is 0.622. The van der Waals surface area contributed by atoms with Crippen LogP contribution in [0.15, 0.2) is 34.3 Å². The number of nitro benzene ring substituents is 1. The van der Waals surface area contributed by atoms with Crippen LogP contribution in [0.2, 0.25) is 0 Å². The fourth-order valence-corrected chi connectivity index (χ4v) is 2.47. The monoisotopic (exact) mass is 313 g/mol. The van der Waals surface area contributed by atoms with Gasteiger partial charge >= 0.3 is 0 Å². The van der Waals surface area contributed by atoms with Crippen molar-refractivity contribution >= 4 is 21.4 Å². The Morgan fingerprint density at radius 2 is 1.90 bits per heavy atom. The highest BCUT2D eigenvalue weighted by Crippen LogP contribution is 2.15. The number of non-ortho nitro benzene ring substituents is 1. The van der Waals surface area contributed by atoms with Gasteiger partial charge in [-0.1, -0.05) is 20.3 Å². The van der Waals surface area contributed by atoms with E-state index in [1.807, 2.05) is 13.8 Å². The van der Waals surface area contributed by atoms with Crippen LogP contribution in [0.3, 0.4) is 0 Å². The summed E-state index contributed by atoms with van der Waals surface area (Å²) >= 11 is 0. The van der Waals surface area contributed by atoms with Crippen LogP contribution in [0.5, 0.6) is 0 Å². The van der Waals surface area contributed by atoms with Gasteiger partial charge in [0.2, 0.25) is 0 Å². The molecule has 0 saturated carbocycles. The summed E-state index contributed by atoms with van der Waals surface area (Å²) in [6.45, 7) is 3.96. The number of unbranched alkanes of at least 4 members (excludes halogenated alkanes) is 1. The summed E-state index contributed by atoms with van der Waals surface area (Å²) in [7, 11) is -3.79. The SMILES string of the molecule is CCCC/C(CC)=N\NS(=O)(=O)c1ccc([N+](=O)[O-])cc1. The molecule has 0 bridgehead atoms. The molecule has 1 aromatic carbocycles. The Kier molecular flexibility index (Phi) is 6.29. The number of hydrogen-bond acceptors (Lipinski definition) is 5. The van der Waals surface area contributed by atoms with E-state index in [4.69, 9.17) is 0 Å². The minimum atomic E-state index is -3.79. The number of benzene rings is 1. The molecular weight excluding hydrogens is 294 g/mol. The van der Waals surface area contributed by atoms with Crippen molar-refractivity contribution in [3.63, 3.8) is 0 Å². The van der Waals surface area contributed by atoms with Gasteiger partial charge in [0.15, 0.2) is 0 Å². The van der Waals surface area contributed by atoms with E-state index in [9.17, 15) is 18.5 Å². The number of nitro groups is 1. The van der Waals surface area contributed by atoms with Crippen LogP contribution in [0.25, 0.3) is 0 Å². The lowest BCUT2D eigenvalue weighted by molar-refractivity contribution is -0.384. The molecule has 0 spiro atoms. The van der Waals surface area contributed by atoms with Gasteiger partial charge in [0.25, 0.3) is 15.7 Å². The highest BCUT2D eigenvalue weighted by molar-refractivity contribution is 7.89. The molecule has 0 aromatic heterocycles. The maximum absolute atomic E-state index is 12.0. The third-order valence-electron chi connectivity index (χ3n) is 2.91. The minimum Gasteiger partial charge on any atom is -0.258 e. The molecular formula is C13H19N3O4S. The van der Waals surface area contributed by atoms with Gasteiger partial charge in [-0.3, -0.25) is 10.1 Å². The number of rotatable bonds is 8. The molecule has 0 heterocycles. The number of sulfonamides is 1. The molecule has 0 aliphatic heterocycles. The molecule has 0 unspecified atom stereocenters.